The Morgan fingerprint density at radius 3 is 2.38 bits per heavy atom. The molecule has 1 aliphatic carbocycles. The lowest BCUT2D eigenvalue weighted by Crippen LogP contribution is -2.17. The zero-order valence-electron chi connectivity index (χ0n) is 12.9. The second kappa shape index (κ2) is 6.48. The van der Waals surface area contributed by atoms with E-state index in [1.54, 1.807) is 12.5 Å². The summed E-state index contributed by atoms with van der Waals surface area (Å²) < 4.78 is 45.9. The SMILES string of the molecule is CSc1c(C2CC2)cc(C(=O)c2cnoc2)c(C(F)(F)F)c1SC. The highest BCUT2D eigenvalue weighted by molar-refractivity contribution is 8.01. The highest BCUT2D eigenvalue weighted by Gasteiger charge is 2.41. The summed E-state index contributed by atoms with van der Waals surface area (Å²) in [6.45, 7) is 0. The first-order chi connectivity index (χ1) is 11.4. The third-order valence-corrected chi connectivity index (χ3v) is 5.71. The van der Waals surface area contributed by atoms with Gasteiger partial charge in [-0.15, -0.1) is 23.5 Å². The van der Waals surface area contributed by atoms with Crippen LogP contribution in [0.25, 0.3) is 0 Å². The van der Waals surface area contributed by atoms with Crippen LogP contribution in [0.4, 0.5) is 13.2 Å². The minimum atomic E-state index is -4.62. The van der Waals surface area contributed by atoms with Gasteiger partial charge in [-0.05, 0) is 42.9 Å². The predicted molar refractivity (Wildman–Crippen MR) is 86.9 cm³/mol. The Kier molecular flexibility index (Phi) is 4.70. The second-order valence-corrected chi connectivity index (χ2v) is 7.10. The van der Waals surface area contributed by atoms with Crippen molar-refractivity contribution in [2.75, 3.05) is 12.5 Å². The molecule has 24 heavy (non-hydrogen) atoms. The van der Waals surface area contributed by atoms with Gasteiger partial charge in [0.05, 0.1) is 17.3 Å². The molecule has 0 atom stereocenters. The number of carbonyl (C=O) groups is 1. The van der Waals surface area contributed by atoms with Crippen molar-refractivity contribution in [2.45, 2.75) is 34.7 Å². The number of halogens is 3. The number of rotatable bonds is 5. The Labute approximate surface area is 145 Å². The van der Waals surface area contributed by atoms with E-state index in [-0.39, 0.29) is 21.9 Å². The molecule has 0 bridgehead atoms. The van der Waals surface area contributed by atoms with Gasteiger partial charge < -0.3 is 4.52 Å². The zero-order valence-corrected chi connectivity index (χ0v) is 14.6. The molecule has 1 aromatic carbocycles. The van der Waals surface area contributed by atoms with Gasteiger partial charge in [0.25, 0.3) is 0 Å². The van der Waals surface area contributed by atoms with Gasteiger partial charge in [-0.1, -0.05) is 5.16 Å². The minimum absolute atomic E-state index is 0.0196. The van der Waals surface area contributed by atoms with Crippen LogP contribution < -0.4 is 0 Å². The molecule has 0 unspecified atom stereocenters. The van der Waals surface area contributed by atoms with Gasteiger partial charge >= 0.3 is 6.18 Å². The Balaban J connectivity index is 2.29. The molecule has 0 amide bonds. The van der Waals surface area contributed by atoms with E-state index in [0.29, 0.717) is 4.90 Å². The minimum Gasteiger partial charge on any atom is -0.364 e. The fraction of sp³-hybridized carbons (Fsp3) is 0.375. The van der Waals surface area contributed by atoms with Crippen LogP contribution in [0.15, 0.2) is 32.8 Å². The van der Waals surface area contributed by atoms with Crippen LogP contribution in [0, 0.1) is 0 Å². The number of ketones is 1. The normalized spacial score (nSPS) is 14.9. The van der Waals surface area contributed by atoms with E-state index >= 15 is 0 Å². The molecule has 3 nitrogen and oxygen atoms in total. The highest BCUT2D eigenvalue weighted by Crippen LogP contribution is 2.51. The molecule has 2 aromatic rings. The molecule has 0 aliphatic heterocycles. The molecule has 1 aromatic heterocycles. The molecule has 0 saturated heterocycles. The number of nitrogens with zero attached hydrogens (tertiary/aromatic N) is 1. The van der Waals surface area contributed by atoms with Gasteiger partial charge in [0.1, 0.15) is 6.26 Å². The molecule has 1 saturated carbocycles. The van der Waals surface area contributed by atoms with E-state index in [1.807, 2.05) is 0 Å². The first-order valence-electron chi connectivity index (χ1n) is 7.18. The summed E-state index contributed by atoms with van der Waals surface area (Å²) in [7, 11) is 0. The summed E-state index contributed by atoms with van der Waals surface area (Å²) in [6, 6.07) is 1.42. The average molecular weight is 373 g/mol. The summed E-state index contributed by atoms with van der Waals surface area (Å²) in [5, 5.41) is 3.42. The molecule has 0 spiro atoms. The van der Waals surface area contributed by atoms with Gasteiger partial charge in [-0.25, -0.2) is 0 Å². The fourth-order valence-electron chi connectivity index (χ4n) is 2.70. The lowest BCUT2D eigenvalue weighted by Gasteiger charge is -2.21. The quantitative estimate of drug-likeness (QED) is 0.529. The summed E-state index contributed by atoms with van der Waals surface area (Å²) in [4.78, 5) is 13.4. The summed E-state index contributed by atoms with van der Waals surface area (Å²) >= 11 is 2.33. The van der Waals surface area contributed by atoms with E-state index < -0.39 is 17.5 Å². The van der Waals surface area contributed by atoms with Crippen LogP contribution in [0.5, 0.6) is 0 Å². The first-order valence-corrected chi connectivity index (χ1v) is 9.63. The van der Waals surface area contributed by atoms with Crippen molar-refractivity contribution in [2.24, 2.45) is 0 Å². The molecular weight excluding hydrogens is 359 g/mol. The molecule has 1 heterocycles. The van der Waals surface area contributed by atoms with Gasteiger partial charge in [0, 0.05) is 15.4 Å². The lowest BCUT2D eigenvalue weighted by molar-refractivity contribution is -0.140. The van der Waals surface area contributed by atoms with Crippen molar-refractivity contribution in [3.05, 3.63) is 40.8 Å². The van der Waals surface area contributed by atoms with Crippen molar-refractivity contribution in [1.82, 2.24) is 5.16 Å². The number of benzene rings is 1. The fourth-order valence-corrected chi connectivity index (χ4v) is 4.68. The van der Waals surface area contributed by atoms with Gasteiger partial charge in [0.15, 0.2) is 5.78 Å². The summed E-state index contributed by atoms with van der Waals surface area (Å²) in [6.07, 6.45) is 2.84. The Bertz CT molecular complexity index is 769. The largest absolute Gasteiger partial charge is 0.418 e. The Hall–Kier alpha value is -1.41. The average Bonchev–Trinajstić information content (AvgIpc) is 3.25. The molecular formula is C16H14F3NO2S2. The van der Waals surface area contributed by atoms with Crippen molar-refractivity contribution >= 4 is 29.3 Å². The molecule has 3 rings (SSSR count). The topological polar surface area (TPSA) is 43.1 Å². The Morgan fingerprint density at radius 2 is 1.92 bits per heavy atom. The number of thioether (sulfide) groups is 2. The van der Waals surface area contributed by atoms with Crippen molar-refractivity contribution in [1.29, 1.82) is 0 Å². The number of hydrogen-bond donors (Lipinski definition) is 0. The van der Waals surface area contributed by atoms with Crippen LogP contribution in [0.2, 0.25) is 0 Å². The molecule has 0 radical (unpaired) electrons. The molecule has 1 fully saturated rings. The van der Waals surface area contributed by atoms with E-state index in [4.69, 9.17) is 0 Å². The summed E-state index contributed by atoms with van der Waals surface area (Å²) in [5.74, 6) is -0.483. The van der Waals surface area contributed by atoms with E-state index in [1.165, 1.54) is 17.8 Å². The number of alkyl halides is 3. The molecule has 0 N–H and O–H groups in total. The van der Waals surface area contributed by atoms with Crippen LogP contribution in [-0.2, 0) is 6.18 Å². The maximum absolute atomic E-state index is 13.7. The van der Waals surface area contributed by atoms with Crippen LogP contribution in [-0.4, -0.2) is 23.5 Å². The van der Waals surface area contributed by atoms with E-state index in [0.717, 1.165) is 42.6 Å². The third-order valence-electron chi connectivity index (χ3n) is 3.91. The first kappa shape index (κ1) is 17.4. The molecule has 128 valence electrons. The van der Waals surface area contributed by atoms with Crippen LogP contribution in [0.3, 0.4) is 0 Å². The molecule has 8 heteroatoms. The maximum Gasteiger partial charge on any atom is 0.418 e. The summed E-state index contributed by atoms with van der Waals surface area (Å²) in [5.41, 5.74) is -0.337. The van der Waals surface area contributed by atoms with Gasteiger partial charge in [-0.3, -0.25) is 4.79 Å². The maximum atomic E-state index is 13.7. The van der Waals surface area contributed by atoms with Gasteiger partial charge in [0.2, 0.25) is 0 Å². The second-order valence-electron chi connectivity index (χ2n) is 5.47. The number of hydrogen-bond acceptors (Lipinski definition) is 5. The predicted octanol–water partition coefficient (Wildman–Crippen LogP) is 5.25. The zero-order chi connectivity index (χ0) is 17.5. The van der Waals surface area contributed by atoms with Crippen LogP contribution >= 0.6 is 23.5 Å². The molecule has 1 aliphatic rings. The van der Waals surface area contributed by atoms with Crippen LogP contribution in [0.1, 0.15) is 45.8 Å². The van der Waals surface area contributed by atoms with Crippen molar-refractivity contribution in [3.63, 3.8) is 0 Å². The Morgan fingerprint density at radius 1 is 1.25 bits per heavy atom. The number of aromatic nitrogens is 1. The van der Waals surface area contributed by atoms with Crippen molar-refractivity contribution < 1.29 is 22.5 Å². The van der Waals surface area contributed by atoms with Crippen molar-refractivity contribution in [3.8, 4) is 0 Å². The van der Waals surface area contributed by atoms with Gasteiger partial charge in [-0.2, -0.15) is 13.2 Å². The lowest BCUT2D eigenvalue weighted by atomic mass is 9.95. The third kappa shape index (κ3) is 3.09. The standard InChI is InChI=1S/C16H14F3NO2S2/c1-23-14-10(8-3-4-8)5-11(13(21)9-6-20-22-7-9)12(15(14)24-2)16(17,18)19/h5-8H,3-4H2,1-2H3. The monoisotopic (exact) mass is 373 g/mol. The highest BCUT2D eigenvalue weighted by atomic mass is 32.2. The smallest absolute Gasteiger partial charge is 0.364 e. The van der Waals surface area contributed by atoms with E-state index in [2.05, 4.69) is 9.68 Å². The van der Waals surface area contributed by atoms with E-state index in [9.17, 15) is 18.0 Å². The number of carbonyl (C=O) groups excluding carboxylic acids is 1.